The number of nitrogens with zero attached hydrogens (tertiary/aromatic N) is 1. The molecule has 0 aliphatic carbocycles. The number of aromatic carboxylic acids is 2. The SMILES string of the molecule is CCCCN(C(=O)CC)c1ccc(C(=O)O)c(NC(=O)c2ccc(C(=O)[O-])cc2)c1. The predicted molar refractivity (Wildman–Crippen MR) is 110 cm³/mol. The largest absolute Gasteiger partial charge is 0.545 e. The summed E-state index contributed by atoms with van der Waals surface area (Å²) in [6.45, 7) is 4.22. The average Bonchev–Trinajstić information content (AvgIpc) is 2.73. The van der Waals surface area contributed by atoms with Crippen molar-refractivity contribution < 1.29 is 29.4 Å². The molecular weight excluding hydrogens is 388 g/mol. The normalized spacial score (nSPS) is 10.3. The van der Waals surface area contributed by atoms with Crippen LogP contribution in [0.1, 0.15) is 64.2 Å². The fraction of sp³-hybridized carbons (Fsp3) is 0.273. The van der Waals surface area contributed by atoms with Gasteiger partial charge < -0.3 is 25.2 Å². The molecule has 0 aliphatic rings. The summed E-state index contributed by atoms with van der Waals surface area (Å²) in [4.78, 5) is 48.9. The molecule has 2 amide bonds. The first-order valence-electron chi connectivity index (χ1n) is 9.58. The second-order valence-electron chi connectivity index (χ2n) is 6.61. The Morgan fingerprint density at radius 2 is 1.63 bits per heavy atom. The molecular formula is C22H23N2O6-. The first kappa shape index (κ1) is 22.6. The van der Waals surface area contributed by atoms with Gasteiger partial charge >= 0.3 is 5.97 Å². The number of carbonyl (C=O) groups is 4. The number of rotatable bonds is 9. The zero-order valence-corrected chi connectivity index (χ0v) is 16.8. The minimum atomic E-state index is -1.37. The van der Waals surface area contributed by atoms with Gasteiger partial charge in [-0.25, -0.2) is 4.79 Å². The molecule has 0 unspecified atom stereocenters. The van der Waals surface area contributed by atoms with Gasteiger partial charge in [0, 0.05) is 24.2 Å². The Bertz CT molecular complexity index is 953. The molecule has 0 heterocycles. The van der Waals surface area contributed by atoms with Crippen LogP contribution in [0.2, 0.25) is 0 Å². The fourth-order valence-corrected chi connectivity index (χ4v) is 2.85. The second-order valence-corrected chi connectivity index (χ2v) is 6.61. The minimum Gasteiger partial charge on any atom is -0.545 e. The van der Waals surface area contributed by atoms with Crippen LogP contribution < -0.4 is 15.3 Å². The first-order chi connectivity index (χ1) is 14.3. The highest BCUT2D eigenvalue weighted by atomic mass is 16.4. The molecule has 0 radical (unpaired) electrons. The Kier molecular flexibility index (Phi) is 7.69. The maximum absolute atomic E-state index is 12.6. The Hall–Kier alpha value is -3.68. The number of anilines is 2. The molecule has 8 heteroatoms. The number of amides is 2. The number of hydrogen-bond acceptors (Lipinski definition) is 5. The standard InChI is InChI=1S/C22H24N2O6/c1-3-5-12-24(19(25)4-2)16-10-11-17(22(29)30)18(13-16)23-20(26)14-6-8-15(9-7-14)21(27)28/h6-11,13H,3-5,12H2,1-2H3,(H,23,26)(H,27,28)(H,29,30)/p-1. The molecule has 0 spiro atoms. The molecule has 0 bridgehead atoms. The van der Waals surface area contributed by atoms with E-state index in [2.05, 4.69) is 5.32 Å². The van der Waals surface area contributed by atoms with Crippen molar-refractivity contribution in [3.8, 4) is 0 Å². The predicted octanol–water partition coefficient (Wildman–Crippen LogP) is 2.54. The van der Waals surface area contributed by atoms with Gasteiger partial charge in [-0.1, -0.05) is 32.4 Å². The molecule has 2 rings (SSSR count). The van der Waals surface area contributed by atoms with E-state index in [0.29, 0.717) is 12.2 Å². The summed E-state index contributed by atoms with van der Waals surface area (Å²) in [5.74, 6) is -3.31. The van der Waals surface area contributed by atoms with E-state index in [4.69, 9.17) is 0 Å². The molecule has 0 aliphatic heterocycles. The van der Waals surface area contributed by atoms with E-state index >= 15 is 0 Å². The first-order valence-corrected chi connectivity index (χ1v) is 9.58. The molecule has 2 N–H and O–H groups in total. The van der Waals surface area contributed by atoms with Gasteiger partial charge in [-0.05, 0) is 42.3 Å². The van der Waals surface area contributed by atoms with Crippen LogP contribution in [0.25, 0.3) is 0 Å². The lowest BCUT2D eigenvalue weighted by Gasteiger charge is -2.23. The van der Waals surface area contributed by atoms with Crippen molar-refractivity contribution >= 4 is 35.1 Å². The smallest absolute Gasteiger partial charge is 0.337 e. The van der Waals surface area contributed by atoms with Crippen molar-refractivity contribution in [1.82, 2.24) is 0 Å². The van der Waals surface area contributed by atoms with E-state index in [1.165, 1.54) is 42.5 Å². The molecule has 8 nitrogen and oxygen atoms in total. The van der Waals surface area contributed by atoms with E-state index in [0.717, 1.165) is 12.8 Å². The van der Waals surface area contributed by atoms with Crippen molar-refractivity contribution in [2.24, 2.45) is 0 Å². The van der Waals surface area contributed by atoms with Crippen molar-refractivity contribution in [2.45, 2.75) is 33.1 Å². The summed E-state index contributed by atoms with van der Waals surface area (Å²) in [7, 11) is 0. The van der Waals surface area contributed by atoms with Crippen LogP contribution >= 0.6 is 0 Å². The van der Waals surface area contributed by atoms with Crippen LogP contribution in [0.4, 0.5) is 11.4 Å². The van der Waals surface area contributed by atoms with Gasteiger partial charge in [-0.3, -0.25) is 9.59 Å². The zero-order valence-electron chi connectivity index (χ0n) is 16.8. The molecule has 0 saturated heterocycles. The van der Waals surface area contributed by atoms with Gasteiger partial charge in [-0.2, -0.15) is 0 Å². The average molecular weight is 411 g/mol. The molecule has 0 fully saturated rings. The molecule has 0 aromatic heterocycles. The van der Waals surface area contributed by atoms with Crippen molar-refractivity contribution in [2.75, 3.05) is 16.8 Å². The summed E-state index contributed by atoms with van der Waals surface area (Å²) in [5.41, 5.74) is 0.471. The number of benzene rings is 2. The monoisotopic (exact) mass is 411 g/mol. The molecule has 30 heavy (non-hydrogen) atoms. The van der Waals surface area contributed by atoms with E-state index in [1.807, 2.05) is 6.92 Å². The third-order valence-corrected chi connectivity index (χ3v) is 4.52. The van der Waals surface area contributed by atoms with Gasteiger partial charge in [0.2, 0.25) is 5.91 Å². The molecule has 158 valence electrons. The third-order valence-electron chi connectivity index (χ3n) is 4.52. The summed E-state index contributed by atoms with van der Waals surface area (Å²) < 4.78 is 0. The number of unbranched alkanes of at least 4 members (excludes halogenated alkanes) is 1. The van der Waals surface area contributed by atoms with Crippen LogP contribution in [-0.4, -0.2) is 35.4 Å². The number of carboxylic acid groups (broad SMARTS) is 2. The van der Waals surface area contributed by atoms with Gasteiger partial charge in [0.1, 0.15) is 0 Å². The van der Waals surface area contributed by atoms with Crippen LogP contribution in [0.5, 0.6) is 0 Å². The van der Waals surface area contributed by atoms with Crippen LogP contribution in [0, 0.1) is 0 Å². The maximum atomic E-state index is 12.6. The number of carbonyl (C=O) groups excluding carboxylic acids is 3. The van der Waals surface area contributed by atoms with Crippen molar-refractivity contribution in [3.63, 3.8) is 0 Å². The summed E-state index contributed by atoms with van der Waals surface area (Å²) in [6, 6.07) is 9.40. The van der Waals surface area contributed by atoms with Gasteiger partial charge in [-0.15, -0.1) is 0 Å². The highest BCUT2D eigenvalue weighted by Gasteiger charge is 2.19. The van der Waals surface area contributed by atoms with E-state index in [9.17, 15) is 29.4 Å². The van der Waals surface area contributed by atoms with Crippen LogP contribution in [0.15, 0.2) is 42.5 Å². The zero-order chi connectivity index (χ0) is 22.3. The second kappa shape index (κ2) is 10.2. The number of hydrogen-bond donors (Lipinski definition) is 2. The van der Waals surface area contributed by atoms with Gasteiger partial charge in [0.15, 0.2) is 0 Å². The lowest BCUT2D eigenvalue weighted by molar-refractivity contribution is -0.255. The van der Waals surface area contributed by atoms with Gasteiger partial charge in [0.05, 0.1) is 17.2 Å². The van der Waals surface area contributed by atoms with Crippen LogP contribution in [-0.2, 0) is 4.79 Å². The number of carboxylic acids is 2. The van der Waals surface area contributed by atoms with E-state index in [1.54, 1.807) is 11.8 Å². The van der Waals surface area contributed by atoms with E-state index < -0.39 is 17.8 Å². The molecule has 2 aromatic carbocycles. The minimum absolute atomic E-state index is 0.0411. The molecule has 2 aromatic rings. The third kappa shape index (κ3) is 5.44. The quantitative estimate of drug-likeness (QED) is 0.653. The van der Waals surface area contributed by atoms with Crippen LogP contribution in [0.3, 0.4) is 0 Å². The maximum Gasteiger partial charge on any atom is 0.337 e. The Labute approximate surface area is 174 Å². The van der Waals surface area contributed by atoms with Crippen molar-refractivity contribution in [3.05, 3.63) is 59.2 Å². The van der Waals surface area contributed by atoms with Crippen molar-refractivity contribution in [1.29, 1.82) is 0 Å². The summed E-state index contributed by atoms with van der Waals surface area (Å²) in [6.07, 6.45) is 1.95. The summed E-state index contributed by atoms with van der Waals surface area (Å²) >= 11 is 0. The fourth-order valence-electron chi connectivity index (χ4n) is 2.85. The van der Waals surface area contributed by atoms with E-state index in [-0.39, 0.29) is 34.7 Å². The topological polar surface area (TPSA) is 127 Å². The lowest BCUT2D eigenvalue weighted by Crippen LogP contribution is -2.31. The highest BCUT2D eigenvalue weighted by molar-refractivity contribution is 6.09. The summed E-state index contributed by atoms with van der Waals surface area (Å²) in [5, 5.41) is 22.9. The highest BCUT2D eigenvalue weighted by Crippen LogP contribution is 2.26. The lowest BCUT2D eigenvalue weighted by atomic mass is 10.1. The number of nitrogens with one attached hydrogen (secondary N) is 1. The molecule has 0 atom stereocenters. The Morgan fingerprint density at radius 3 is 2.17 bits per heavy atom. The molecule has 0 saturated carbocycles. The Balaban J connectivity index is 2.37. The van der Waals surface area contributed by atoms with Gasteiger partial charge in [0.25, 0.3) is 5.91 Å². The Morgan fingerprint density at radius 1 is 1.00 bits per heavy atom.